The second-order valence-corrected chi connectivity index (χ2v) is 34.5. The number of ether oxygens (including phenoxy) is 2. The fourth-order valence-electron chi connectivity index (χ4n) is 15.1. The molecule has 138 heavy (non-hydrogen) atoms. The van der Waals surface area contributed by atoms with Gasteiger partial charge in [0.05, 0.1) is 153 Å². The molecule has 3 N–H and O–H groups in total. The van der Waals surface area contributed by atoms with Gasteiger partial charge >= 0.3 is 17.9 Å². The molecule has 0 atom stereocenters. The van der Waals surface area contributed by atoms with E-state index in [-0.39, 0.29) is 67.0 Å². The number of fused-ring (bicyclic) bond motifs is 7. The number of Topliss-reactive ketones (excluding diaryl/α,β-unsaturated/α-hetero) is 1. The van der Waals surface area contributed by atoms with Crippen LogP contribution in [0.15, 0.2) is 162 Å². The molecule has 5 saturated carbocycles. The van der Waals surface area contributed by atoms with Crippen LogP contribution in [-0.2, 0) is 59.3 Å². The summed E-state index contributed by atoms with van der Waals surface area (Å²) >= 11 is 12.0. The smallest absolute Gasteiger partial charge is 0.384 e. The van der Waals surface area contributed by atoms with Crippen LogP contribution in [0.3, 0.4) is 0 Å². The third kappa shape index (κ3) is 22.8. The molecule has 0 bridgehead atoms. The van der Waals surface area contributed by atoms with E-state index in [0.717, 1.165) is 48.2 Å². The monoisotopic (exact) mass is 2020 g/mol. The molecule has 0 aliphatic heterocycles. The maximum Gasteiger partial charge on any atom is 0.384 e. The highest BCUT2D eigenvalue weighted by molar-refractivity contribution is 9.10. The Labute approximate surface area is 810 Å². The lowest BCUT2D eigenvalue weighted by molar-refractivity contribution is -0.136. The van der Waals surface area contributed by atoms with Gasteiger partial charge < -0.3 is 51.1 Å². The van der Waals surface area contributed by atoms with Crippen LogP contribution in [0.1, 0.15) is 241 Å². The quantitative estimate of drug-likeness (QED) is 0.00877. The number of azide groups is 1. The molecule has 0 unspecified atom stereocenters. The topological polar surface area (TPSA) is 514 Å². The largest absolute Gasteiger partial charge is 0.476 e. The third-order valence-corrected chi connectivity index (χ3v) is 24.0. The molecule has 696 valence electrons. The van der Waals surface area contributed by atoms with E-state index in [0.29, 0.717) is 173 Å². The zero-order valence-corrected chi connectivity index (χ0v) is 78.3. The van der Waals surface area contributed by atoms with Gasteiger partial charge in [-0.3, -0.25) is 4.79 Å². The third-order valence-electron chi connectivity index (χ3n) is 22.5. The molecule has 17 aromatic rings. The molecule has 0 amide bonds. The number of hydrogen-bond acceptors (Lipinski definition) is 26. The molecule has 39 nitrogen and oxygen atoms in total. The van der Waals surface area contributed by atoms with Crippen molar-refractivity contribution < 1.29 is 42.5 Å². The second-order valence-electron chi connectivity index (χ2n) is 32.5. The van der Waals surface area contributed by atoms with E-state index in [2.05, 4.69) is 155 Å². The van der Waals surface area contributed by atoms with Crippen LogP contribution in [0.5, 0.6) is 0 Å². The highest BCUT2D eigenvalue weighted by Crippen LogP contribution is 2.45. The van der Waals surface area contributed by atoms with Crippen LogP contribution in [0.2, 0.25) is 0 Å². The molecule has 22 rings (SSSR count). The summed E-state index contributed by atoms with van der Waals surface area (Å²) in [5.41, 5.74) is 31.5. The van der Waals surface area contributed by atoms with Crippen LogP contribution in [0, 0.1) is 80.6 Å². The number of aromatic nitrogens is 23. The highest BCUT2D eigenvalue weighted by atomic mass is 79.9. The van der Waals surface area contributed by atoms with Gasteiger partial charge in [0.1, 0.15) is 47.1 Å². The molecule has 45 heteroatoms. The predicted molar refractivity (Wildman–Crippen MR) is 501 cm³/mol. The summed E-state index contributed by atoms with van der Waals surface area (Å²) < 4.78 is 55.1. The Morgan fingerprint density at radius 2 is 0.855 bits per heavy atom. The summed E-state index contributed by atoms with van der Waals surface area (Å²) in [6, 6.07) is 23.9. The number of imidazole rings is 7. The van der Waals surface area contributed by atoms with Crippen molar-refractivity contribution in [1.82, 2.24) is 111 Å². The summed E-state index contributed by atoms with van der Waals surface area (Å²) in [4.78, 5) is 78.3. The average Bonchev–Trinajstić information content (AvgIpc) is 1.65. The molecular weight excluding hydrogens is 1950 g/mol. The number of pyridine rings is 7. The first-order valence-electron chi connectivity index (χ1n) is 43.2. The van der Waals surface area contributed by atoms with Crippen LogP contribution in [0.4, 0.5) is 8.78 Å². The lowest BCUT2D eigenvalue weighted by Gasteiger charge is -2.01. The van der Waals surface area contributed by atoms with E-state index in [1.807, 2.05) is 108 Å². The van der Waals surface area contributed by atoms with Gasteiger partial charge in [-0.25, -0.2) is 72.1 Å². The first-order valence-corrected chi connectivity index (χ1v) is 45.3. The number of nitrogens with two attached hydrogens (primary N) is 1. The number of halogens is 6. The van der Waals surface area contributed by atoms with Crippen LogP contribution in [-0.4, -0.2) is 153 Å². The fraction of sp³-hybridized carbons (Fsp3) is 0.290. The second kappa shape index (κ2) is 43.1. The number of nitriles is 5. The van der Waals surface area contributed by atoms with E-state index in [1.165, 1.54) is 83.3 Å². The minimum absolute atomic E-state index is 0. The summed E-state index contributed by atoms with van der Waals surface area (Å²) in [5, 5.41) is 82.0. The number of aromatic carboxylic acids is 1. The van der Waals surface area contributed by atoms with Crippen molar-refractivity contribution in [3.05, 3.63) is 292 Å². The molecule has 0 radical (unpaired) electrons. The Morgan fingerprint density at radius 3 is 1.20 bits per heavy atom. The summed E-state index contributed by atoms with van der Waals surface area (Å²) in [6.45, 7) is 5.50. The Kier molecular flexibility index (Phi) is 30.2. The summed E-state index contributed by atoms with van der Waals surface area (Å²) in [7, 11) is 0. The van der Waals surface area contributed by atoms with Crippen molar-refractivity contribution in [2.24, 2.45) is 10.8 Å². The van der Waals surface area contributed by atoms with Crippen LogP contribution in [0.25, 0.3) is 49.7 Å². The Hall–Kier alpha value is -16.0. The number of carboxylic acid groups (broad SMARTS) is 1. The highest BCUT2D eigenvalue weighted by Gasteiger charge is 2.31. The number of nitrogens with zero attached hydrogens (tertiary/aromatic N) is 31. The van der Waals surface area contributed by atoms with E-state index in [9.17, 15) is 43.7 Å². The summed E-state index contributed by atoms with van der Waals surface area (Å²) in [6.07, 6.45) is 47.3. The van der Waals surface area contributed by atoms with Crippen LogP contribution < -0.4 is 5.73 Å². The minimum Gasteiger partial charge on any atom is -0.476 e. The number of carbonyl (C=O) groups excluding carboxylic acids is 3. The molecule has 0 saturated heterocycles. The van der Waals surface area contributed by atoms with E-state index < -0.39 is 23.7 Å². The lowest BCUT2D eigenvalue weighted by Crippen LogP contribution is -2.05. The molecule has 17 aromatic heterocycles. The van der Waals surface area contributed by atoms with E-state index >= 15 is 0 Å². The van der Waals surface area contributed by atoms with Crippen molar-refractivity contribution in [3.8, 4) is 42.7 Å². The molecule has 0 aromatic carbocycles. The molecule has 5 aliphatic carbocycles. The molecular formula is C93H80Br2Cl2F2N32O7. The SMILES string of the molecule is C#CC(=O)OCC.CCOC(=O)c1cn(Cc2cn3cc(C4CC4)cc(C#N)c3n2)nn1.Cl.N#Cc1cc(C2CC2)cn2cc(CCl)nc12.N#Cc1cc(C2CC2)cn2cc(CN=[N+]=[N-])nc12.N#Cc1cc(C2CC2)cn2cc(Cn3cc(C(=O)CCc4ncn5ccc(Br)c(F)c45)nn3)nc12.N#Cc1cc(C2CC2)cn2cc(Cn3cc(C(=O)O)nn3)nc12.NCc1ncn2ccc(Br)c(F)c12. The van der Waals surface area contributed by atoms with Gasteiger partial charge in [-0.2, -0.15) is 26.3 Å². The number of ketones is 1. The van der Waals surface area contributed by atoms with Gasteiger partial charge in [-0.1, -0.05) is 20.8 Å². The Bertz CT molecular complexity index is 7870. The maximum atomic E-state index is 14.5. The Morgan fingerprint density at radius 1 is 0.514 bits per heavy atom. The average molecular weight is 2030 g/mol. The number of aryl methyl sites for hydroxylation is 1. The number of rotatable bonds is 23. The lowest BCUT2D eigenvalue weighted by atomic mass is 10.1. The van der Waals surface area contributed by atoms with Gasteiger partial charge in [0, 0.05) is 98.2 Å². The zero-order chi connectivity index (χ0) is 96.2. The van der Waals surface area contributed by atoms with E-state index in [4.69, 9.17) is 43.2 Å². The van der Waals surface area contributed by atoms with Crippen molar-refractivity contribution in [1.29, 1.82) is 26.3 Å². The predicted octanol–water partition coefficient (Wildman–Crippen LogP) is 15.4. The van der Waals surface area contributed by atoms with Gasteiger partial charge in [0.25, 0.3) is 0 Å². The molecule has 17 heterocycles. The number of alkyl halides is 1. The zero-order valence-electron chi connectivity index (χ0n) is 73.6. The minimum atomic E-state index is -1.12. The van der Waals surface area contributed by atoms with Crippen molar-refractivity contribution >= 4 is 119 Å². The van der Waals surface area contributed by atoms with E-state index in [1.54, 1.807) is 70.3 Å². The number of esters is 2. The van der Waals surface area contributed by atoms with Crippen molar-refractivity contribution in [2.45, 2.75) is 159 Å². The van der Waals surface area contributed by atoms with Gasteiger partial charge in [0.15, 0.2) is 57.0 Å². The Balaban J connectivity index is 0.000000127. The first kappa shape index (κ1) is 96.6. The van der Waals surface area contributed by atoms with Gasteiger partial charge in [-0.15, -0.1) is 45.7 Å². The number of carbonyl (C=O) groups is 4. The molecule has 0 spiro atoms. The number of carboxylic acids is 1. The van der Waals surface area contributed by atoms with Gasteiger partial charge in [0.2, 0.25) is 0 Å². The molecule has 5 fully saturated rings. The maximum absolute atomic E-state index is 14.5. The number of hydrogen-bond donors (Lipinski definition) is 2. The van der Waals surface area contributed by atoms with Crippen molar-refractivity contribution in [2.75, 3.05) is 13.2 Å². The molecule has 5 aliphatic rings. The summed E-state index contributed by atoms with van der Waals surface area (Å²) in [5.74, 6) is 1.90. The normalized spacial score (nSPS) is 13.3. The standard InChI is InChI=1S/C24H18BrFN8O.C17H16N6O2.C15H12N6O2.C12H10ClN3.C12H10N6.C8H7BrFN3.C5H6O2.ClH/c25-18-5-6-32-13-28-19(23(32)22(18)26)3-4-21(35)20-12-34(31-30-20)11-17-10-33-9-16(14-1-2-14)7-15(8-27)24(33)29-17;1-2-25-17(24)15-10-23(21-20-15)9-14-8-22-7-13(11-3-4-11)5-12(6-18)16(22)19-14;16-4-10-3-11(9-1-2-9)5-20-6-12(17-14(10)20)7-21-8-13(15(22)23)18-19-21;13-4-11-7-16-6-10(8-1-2-8)3-9(5-14)12(16)15-11;13-4-9-3-10(8-1-2-8)6-18-7-11(5-15-17-14)16-12(9)18;9-5-1-2-13-4-12-6(3-11)8(13)7(5)10;1-3-5(6)7-4-2;/h5-7,9-10,12-14H,1-4,11H2;5,7-8,10-11H,2-4,9H2,1H3;3,5-6,8-9H,1-2,7H2,(H,22,23);3,6-8H,1-2,4H2;3,6-8H,1-2,5H2;1-2,4H,3,11H2;1H,4H2,2H3;1H. The fourth-order valence-corrected chi connectivity index (χ4v) is 15.9. The van der Waals surface area contributed by atoms with Gasteiger partial charge in [-0.05, 0) is 222 Å². The number of terminal acetylenes is 1. The van der Waals surface area contributed by atoms with Crippen molar-refractivity contribution in [3.63, 3.8) is 0 Å². The first-order chi connectivity index (χ1) is 66.5. The van der Waals surface area contributed by atoms with Crippen LogP contribution >= 0.6 is 55.9 Å².